The molecule has 0 aliphatic carbocycles. The van der Waals surface area contributed by atoms with Crippen molar-refractivity contribution in [3.63, 3.8) is 0 Å². The molecule has 6 aromatic rings. The molecule has 0 saturated heterocycles. The maximum absolute atomic E-state index is 14.0. The van der Waals surface area contributed by atoms with Gasteiger partial charge in [-0.15, -0.1) is 11.3 Å². The summed E-state index contributed by atoms with van der Waals surface area (Å²) in [5.41, 5.74) is 4.49. The summed E-state index contributed by atoms with van der Waals surface area (Å²) in [6.07, 6.45) is 0. The predicted octanol–water partition coefficient (Wildman–Crippen LogP) is 9.47. The van der Waals surface area contributed by atoms with E-state index in [1.165, 1.54) is 46.8 Å². The van der Waals surface area contributed by atoms with E-state index < -0.39 is 27.3 Å². The van der Waals surface area contributed by atoms with Crippen LogP contribution >= 0.6 is 27.3 Å². The molecule has 0 amide bonds. The fourth-order valence-corrected chi connectivity index (χ4v) is 9.08. The van der Waals surface area contributed by atoms with Gasteiger partial charge >= 0.3 is 22.1 Å². The maximum Gasteiger partial charge on any atom is 0.338 e. The van der Waals surface area contributed by atoms with Crippen LogP contribution in [0.15, 0.2) is 95.5 Å². The third-order valence-corrected chi connectivity index (χ3v) is 11.9. The van der Waals surface area contributed by atoms with Gasteiger partial charge in [0, 0.05) is 14.7 Å². The van der Waals surface area contributed by atoms with E-state index >= 15 is 0 Å². The first kappa shape index (κ1) is 32.4. The van der Waals surface area contributed by atoms with Crippen molar-refractivity contribution in [2.45, 2.75) is 32.9 Å². The zero-order valence-electron chi connectivity index (χ0n) is 25.8. The largest absolute Gasteiger partial charge is 0.478 e. The Morgan fingerprint density at radius 3 is 2.04 bits per heavy atom. The number of hydrogen-bond donors (Lipinski definition) is 1. The summed E-state index contributed by atoms with van der Waals surface area (Å²) in [5, 5.41) is 10.7. The lowest BCUT2D eigenvalue weighted by atomic mass is 9.91. The van der Waals surface area contributed by atoms with Crippen LogP contribution in [0.25, 0.3) is 32.0 Å². The van der Waals surface area contributed by atoms with Crippen molar-refractivity contribution >= 4 is 70.2 Å². The van der Waals surface area contributed by atoms with Crippen molar-refractivity contribution in [3.05, 3.63) is 128 Å². The number of fused-ring (bicyclic) bond motifs is 2. The summed E-state index contributed by atoms with van der Waals surface area (Å²) in [6, 6.07) is 25.1. The molecule has 0 saturated carbocycles. The first-order valence-corrected chi connectivity index (χ1v) is 17.7. The number of carbonyl (C=O) groups is 2. The molecule has 0 radical (unpaired) electrons. The number of thiophene rings is 1. The number of hydrogen-bond acceptors (Lipinski definition) is 7. The van der Waals surface area contributed by atoms with Gasteiger partial charge in [0.15, 0.2) is 0 Å². The van der Waals surface area contributed by atoms with Gasteiger partial charge in [-0.2, -0.15) is 8.42 Å². The molecule has 1 atom stereocenters. The molecule has 0 aliphatic heterocycles. The van der Waals surface area contributed by atoms with E-state index in [1.54, 1.807) is 43.4 Å². The Bertz CT molecular complexity index is 2290. The highest BCUT2D eigenvalue weighted by Gasteiger charge is 2.39. The minimum absolute atomic E-state index is 0.000144. The van der Waals surface area contributed by atoms with Gasteiger partial charge in [-0.1, -0.05) is 54.6 Å². The number of aryl methyl sites for hydroxylation is 4. The minimum Gasteiger partial charge on any atom is -0.478 e. The van der Waals surface area contributed by atoms with Gasteiger partial charge in [0.1, 0.15) is 11.5 Å². The normalized spacial score (nSPS) is 12.3. The van der Waals surface area contributed by atoms with Crippen molar-refractivity contribution in [3.8, 4) is 22.6 Å². The Balaban J connectivity index is 1.41. The van der Waals surface area contributed by atoms with Crippen molar-refractivity contribution in [1.82, 2.24) is 0 Å². The number of esters is 1. The number of benzene rings is 5. The van der Waals surface area contributed by atoms with Crippen LogP contribution in [-0.2, 0) is 14.9 Å². The summed E-state index contributed by atoms with van der Waals surface area (Å²) < 4.78 is 41.4. The Labute approximate surface area is 284 Å². The molecule has 10 heteroatoms. The summed E-state index contributed by atoms with van der Waals surface area (Å²) in [5.74, 6) is -2.10. The van der Waals surface area contributed by atoms with Crippen LogP contribution in [0.3, 0.4) is 0 Å². The molecular weight excluding hydrogens is 700 g/mol. The van der Waals surface area contributed by atoms with Crippen molar-refractivity contribution in [2.75, 3.05) is 0 Å². The van der Waals surface area contributed by atoms with Crippen LogP contribution < -0.4 is 8.92 Å². The lowest BCUT2D eigenvalue weighted by molar-refractivity contribution is -0.134. The Morgan fingerprint density at radius 1 is 0.830 bits per heavy atom. The fourth-order valence-electron chi connectivity index (χ4n) is 5.81. The van der Waals surface area contributed by atoms with Gasteiger partial charge < -0.3 is 14.0 Å². The number of carboxylic acids is 1. The summed E-state index contributed by atoms with van der Waals surface area (Å²) >= 11 is 5.58. The molecule has 1 N–H and O–H groups in total. The molecule has 47 heavy (non-hydrogen) atoms. The standard InChI is InChI=1S/C37H29BrO7S2/c1-20-18-26(31-28-12-8-9-13-29(28)32(38)34-30(31)22(3)23(4)46-34)19-21(2)33(20)45-47(42,43)35(24-10-6-5-7-11-24)37(41)44-27-16-14-25(15-17-27)36(39)40/h5-19,35H,1-4H3,(H,39,40). The Morgan fingerprint density at radius 2 is 1.43 bits per heavy atom. The molecule has 0 bridgehead atoms. The number of carboxylic acid groups (broad SMARTS) is 1. The maximum atomic E-state index is 14.0. The molecule has 0 fully saturated rings. The number of rotatable bonds is 8. The van der Waals surface area contributed by atoms with Gasteiger partial charge in [-0.3, -0.25) is 0 Å². The van der Waals surface area contributed by atoms with Crippen LogP contribution in [0, 0.1) is 27.7 Å². The van der Waals surface area contributed by atoms with Crippen LogP contribution in [0.2, 0.25) is 0 Å². The average molecular weight is 730 g/mol. The second-order valence-corrected chi connectivity index (χ2v) is 14.9. The second kappa shape index (κ2) is 12.6. The SMILES string of the molecule is Cc1cc(-c2c3ccccc3c(Br)c3sc(C)c(C)c23)cc(C)c1OS(=O)(=O)C(C(=O)Oc1ccc(C(=O)O)cc1)c1ccccc1. The molecule has 5 aromatic carbocycles. The molecule has 1 heterocycles. The zero-order valence-corrected chi connectivity index (χ0v) is 29.0. The van der Waals surface area contributed by atoms with Crippen molar-refractivity contribution in [1.29, 1.82) is 0 Å². The second-order valence-electron chi connectivity index (χ2n) is 11.3. The van der Waals surface area contributed by atoms with Crippen LogP contribution in [-0.4, -0.2) is 25.5 Å². The highest BCUT2D eigenvalue weighted by Crippen LogP contribution is 2.48. The van der Waals surface area contributed by atoms with Crippen molar-refractivity contribution in [2.24, 2.45) is 0 Å². The van der Waals surface area contributed by atoms with Gasteiger partial charge in [0.25, 0.3) is 0 Å². The lowest BCUT2D eigenvalue weighted by Crippen LogP contribution is -2.30. The number of ether oxygens (including phenoxy) is 1. The van der Waals surface area contributed by atoms with Crippen LogP contribution in [0.5, 0.6) is 11.5 Å². The topological polar surface area (TPSA) is 107 Å². The third-order valence-electron chi connectivity index (χ3n) is 8.14. The van der Waals surface area contributed by atoms with E-state index in [0.717, 1.165) is 36.5 Å². The van der Waals surface area contributed by atoms with Crippen LogP contribution in [0.1, 0.15) is 42.7 Å². The molecule has 7 nitrogen and oxygen atoms in total. The van der Waals surface area contributed by atoms with Crippen LogP contribution in [0.4, 0.5) is 0 Å². The molecule has 0 spiro atoms. The molecule has 1 aromatic heterocycles. The lowest BCUT2D eigenvalue weighted by Gasteiger charge is -2.20. The molecule has 238 valence electrons. The molecule has 6 rings (SSSR count). The smallest absolute Gasteiger partial charge is 0.338 e. The Hall–Kier alpha value is -4.51. The van der Waals surface area contributed by atoms with E-state index in [0.29, 0.717) is 11.1 Å². The molecule has 1 unspecified atom stereocenters. The summed E-state index contributed by atoms with van der Waals surface area (Å²) in [4.78, 5) is 25.9. The first-order valence-electron chi connectivity index (χ1n) is 14.6. The highest BCUT2D eigenvalue weighted by molar-refractivity contribution is 9.11. The minimum atomic E-state index is -4.64. The van der Waals surface area contributed by atoms with E-state index in [4.69, 9.17) is 8.92 Å². The first-order chi connectivity index (χ1) is 22.4. The molecular formula is C37H29BrO7S2. The number of halogens is 1. The highest BCUT2D eigenvalue weighted by atomic mass is 79.9. The van der Waals surface area contributed by atoms with E-state index in [1.807, 2.05) is 24.3 Å². The number of carbonyl (C=O) groups excluding carboxylic acids is 1. The van der Waals surface area contributed by atoms with Gasteiger partial charge in [-0.25, -0.2) is 9.59 Å². The van der Waals surface area contributed by atoms with Gasteiger partial charge in [-0.05, 0) is 124 Å². The third kappa shape index (κ3) is 6.04. The van der Waals surface area contributed by atoms with E-state index in [2.05, 4.69) is 41.9 Å². The molecule has 0 aliphatic rings. The van der Waals surface area contributed by atoms with E-state index in [9.17, 15) is 23.1 Å². The van der Waals surface area contributed by atoms with Gasteiger partial charge in [0.05, 0.1) is 10.3 Å². The summed E-state index contributed by atoms with van der Waals surface area (Å²) in [7, 11) is -4.64. The summed E-state index contributed by atoms with van der Waals surface area (Å²) in [6.45, 7) is 7.79. The predicted molar refractivity (Wildman–Crippen MR) is 189 cm³/mol. The monoisotopic (exact) mass is 728 g/mol. The fraction of sp³-hybridized carbons (Fsp3) is 0.135. The van der Waals surface area contributed by atoms with E-state index in [-0.39, 0.29) is 22.6 Å². The Kier molecular flexibility index (Phi) is 8.69. The zero-order chi connectivity index (χ0) is 33.6. The average Bonchev–Trinajstić information content (AvgIpc) is 3.33. The van der Waals surface area contributed by atoms with Crippen molar-refractivity contribution < 1.29 is 32.0 Å². The van der Waals surface area contributed by atoms with Gasteiger partial charge in [0.2, 0.25) is 5.25 Å². The quantitative estimate of drug-likeness (QED) is 0.0945. The number of aromatic carboxylic acids is 1.